The minimum absolute atomic E-state index is 0.180. The number of benzene rings is 1. The zero-order valence-corrected chi connectivity index (χ0v) is 12.1. The highest BCUT2D eigenvalue weighted by Gasteiger charge is 2.27. The molecule has 0 amide bonds. The quantitative estimate of drug-likeness (QED) is 0.787. The van der Waals surface area contributed by atoms with E-state index in [9.17, 15) is 4.39 Å². The molecule has 1 aromatic carbocycles. The Balaban J connectivity index is 2.14. The van der Waals surface area contributed by atoms with Crippen LogP contribution in [0.25, 0.3) is 0 Å². The molecule has 0 radical (unpaired) electrons. The van der Waals surface area contributed by atoms with Gasteiger partial charge in [-0.25, -0.2) is 4.39 Å². The summed E-state index contributed by atoms with van der Waals surface area (Å²) < 4.78 is 24.6. The molecule has 2 unspecified atom stereocenters. The number of rotatable bonds is 6. The van der Waals surface area contributed by atoms with E-state index in [1.54, 1.807) is 13.2 Å². The zero-order valence-electron chi connectivity index (χ0n) is 12.1. The Labute approximate surface area is 119 Å². The average Bonchev–Trinajstić information content (AvgIpc) is 2.87. The molecule has 1 aromatic rings. The lowest BCUT2D eigenvalue weighted by molar-refractivity contribution is 0.101. The molecule has 3 N–H and O–H groups in total. The molecule has 112 valence electrons. The van der Waals surface area contributed by atoms with Crippen LogP contribution in [0.15, 0.2) is 12.1 Å². The number of anilines is 2. The van der Waals surface area contributed by atoms with Crippen molar-refractivity contribution in [2.24, 2.45) is 0 Å². The summed E-state index contributed by atoms with van der Waals surface area (Å²) in [6, 6.07) is 3.17. The second kappa shape index (κ2) is 6.79. The van der Waals surface area contributed by atoms with Crippen molar-refractivity contribution in [2.75, 3.05) is 24.8 Å². The minimum Gasteiger partial charge on any atom is -0.490 e. The highest BCUT2D eigenvalue weighted by Crippen LogP contribution is 2.32. The standard InChI is InChI=1S/C15H23FN2O2/c1-3-7-20-15-9-13(11(17)8-10(15)16)18-12-5-4-6-14(12)19-2/h8-9,12,14,18H,3-7,17H2,1-2H3. The predicted molar refractivity (Wildman–Crippen MR) is 78.7 cm³/mol. The van der Waals surface area contributed by atoms with Gasteiger partial charge in [0, 0.05) is 19.2 Å². The normalized spacial score (nSPS) is 21.9. The van der Waals surface area contributed by atoms with Crippen molar-refractivity contribution in [1.29, 1.82) is 0 Å². The SMILES string of the molecule is CCCOc1cc(NC2CCCC2OC)c(N)cc1F. The van der Waals surface area contributed by atoms with E-state index in [1.165, 1.54) is 6.07 Å². The average molecular weight is 282 g/mol. The second-order valence-electron chi connectivity index (χ2n) is 5.17. The Kier molecular flexibility index (Phi) is 5.06. The third-order valence-corrected chi connectivity index (χ3v) is 3.66. The van der Waals surface area contributed by atoms with Crippen LogP contribution in [0.1, 0.15) is 32.6 Å². The highest BCUT2D eigenvalue weighted by molar-refractivity contribution is 5.69. The molecule has 1 saturated carbocycles. The van der Waals surface area contributed by atoms with E-state index in [-0.39, 0.29) is 17.9 Å². The first-order chi connectivity index (χ1) is 9.65. The van der Waals surface area contributed by atoms with Gasteiger partial charge in [-0.3, -0.25) is 0 Å². The summed E-state index contributed by atoms with van der Waals surface area (Å²) in [5.41, 5.74) is 7.00. The maximum absolute atomic E-state index is 13.8. The Morgan fingerprint density at radius 2 is 2.20 bits per heavy atom. The van der Waals surface area contributed by atoms with Gasteiger partial charge in [0.1, 0.15) is 0 Å². The van der Waals surface area contributed by atoms with Crippen LogP contribution in [0.2, 0.25) is 0 Å². The number of hydrogen-bond acceptors (Lipinski definition) is 4. The Hall–Kier alpha value is -1.49. The molecule has 2 rings (SSSR count). The van der Waals surface area contributed by atoms with Gasteiger partial charge >= 0.3 is 0 Å². The molecule has 0 spiro atoms. The van der Waals surface area contributed by atoms with Crippen molar-refractivity contribution in [3.05, 3.63) is 17.9 Å². The van der Waals surface area contributed by atoms with Crippen molar-refractivity contribution in [3.63, 3.8) is 0 Å². The van der Waals surface area contributed by atoms with E-state index in [4.69, 9.17) is 15.2 Å². The topological polar surface area (TPSA) is 56.5 Å². The summed E-state index contributed by atoms with van der Waals surface area (Å²) in [5, 5.41) is 3.36. The van der Waals surface area contributed by atoms with Crippen molar-refractivity contribution in [1.82, 2.24) is 0 Å². The Bertz CT molecular complexity index is 454. The molecule has 0 heterocycles. The van der Waals surface area contributed by atoms with Gasteiger partial charge in [-0.1, -0.05) is 6.92 Å². The van der Waals surface area contributed by atoms with E-state index >= 15 is 0 Å². The van der Waals surface area contributed by atoms with Crippen LogP contribution >= 0.6 is 0 Å². The fourth-order valence-electron chi connectivity index (χ4n) is 2.59. The fourth-order valence-corrected chi connectivity index (χ4v) is 2.59. The number of halogens is 1. The second-order valence-corrected chi connectivity index (χ2v) is 5.17. The third-order valence-electron chi connectivity index (χ3n) is 3.66. The molecular weight excluding hydrogens is 259 g/mol. The van der Waals surface area contributed by atoms with Crippen LogP contribution in [0.4, 0.5) is 15.8 Å². The summed E-state index contributed by atoms with van der Waals surface area (Å²) >= 11 is 0. The van der Waals surface area contributed by atoms with Gasteiger partial charge in [-0.2, -0.15) is 0 Å². The van der Waals surface area contributed by atoms with Crippen molar-refractivity contribution in [2.45, 2.75) is 44.8 Å². The van der Waals surface area contributed by atoms with Gasteiger partial charge < -0.3 is 20.5 Å². The Morgan fingerprint density at radius 3 is 2.90 bits per heavy atom. The molecule has 0 saturated heterocycles. The zero-order chi connectivity index (χ0) is 14.5. The number of hydrogen-bond donors (Lipinski definition) is 2. The molecule has 2 atom stereocenters. The van der Waals surface area contributed by atoms with Gasteiger partial charge in [0.05, 0.1) is 30.1 Å². The van der Waals surface area contributed by atoms with Gasteiger partial charge in [0.2, 0.25) is 0 Å². The number of nitrogens with two attached hydrogens (primary N) is 1. The van der Waals surface area contributed by atoms with E-state index < -0.39 is 5.82 Å². The molecular formula is C15H23FN2O2. The number of methoxy groups -OCH3 is 1. The van der Waals surface area contributed by atoms with Crippen LogP contribution in [0, 0.1) is 5.82 Å². The number of ether oxygens (including phenoxy) is 2. The first-order valence-electron chi connectivity index (χ1n) is 7.16. The summed E-state index contributed by atoms with van der Waals surface area (Å²) in [5.74, 6) is -0.174. The van der Waals surface area contributed by atoms with Crippen molar-refractivity contribution in [3.8, 4) is 5.75 Å². The predicted octanol–water partition coefficient (Wildman–Crippen LogP) is 3.18. The van der Waals surface area contributed by atoms with Crippen molar-refractivity contribution < 1.29 is 13.9 Å². The number of nitrogens with one attached hydrogen (secondary N) is 1. The highest BCUT2D eigenvalue weighted by atomic mass is 19.1. The smallest absolute Gasteiger partial charge is 0.167 e. The first-order valence-corrected chi connectivity index (χ1v) is 7.16. The first kappa shape index (κ1) is 14.9. The molecule has 20 heavy (non-hydrogen) atoms. The molecule has 5 heteroatoms. The lowest BCUT2D eigenvalue weighted by Gasteiger charge is -2.22. The monoisotopic (exact) mass is 282 g/mol. The third kappa shape index (κ3) is 3.33. The van der Waals surface area contributed by atoms with Crippen LogP contribution in [0.3, 0.4) is 0 Å². The molecule has 0 bridgehead atoms. The maximum atomic E-state index is 13.8. The van der Waals surface area contributed by atoms with Gasteiger partial charge in [0.25, 0.3) is 0 Å². The van der Waals surface area contributed by atoms with E-state index in [0.717, 1.165) is 25.7 Å². The summed E-state index contributed by atoms with van der Waals surface area (Å²) in [7, 11) is 1.72. The van der Waals surface area contributed by atoms with Gasteiger partial charge in [-0.15, -0.1) is 0 Å². The van der Waals surface area contributed by atoms with E-state index in [1.807, 2.05) is 6.92 Å². The molecule has 0 aliphatic heterocycles. The van der Waals surface area contributed by atoms with E-state index in [0.29, 0.717) is 18.0 Å². The molecule has 0 aromatic heterocycles. The lowest BCUT2D eigenvalue weighted by Crippen LogP contribution is -2.30. The minimum atomic E-state index is -0.420. The summed E-state index contributed by atoms with van der Waals surface area (Å²) in [6.45, 7) is 2.47. The van der Waals surface area contributed by atoms with Crippen LogP contribution in [0.5, 0.6) is 5.75 Å². The Morgan fingerprint density at radius 1 is 1.40 bits per heavy atom. The number of nitrogen functional groups attached to an aromatic ring is 1. The fraction of sp³-hybridized carbons (Fsp3) is 0.600. The van der Waals surface area contributed by atoms with Crippen LogP contribution < -0.4 is 15.8 Å². The van der Waals surface area contributed by atoms with Gasteiger partial charge in [-0.05, 0) is 25.7 Å². The molecule has 4 nitrogen and oxygen atoms in total. The van der Waals surface area contributed by atoms with Crippen molar-refractivity contribution >= 4 is 11.4 Å². The van der Waals surface area contributed by atoms with Crippen LogP contribution in [-0.4, -0.2) is 25.9 Å². The van der Waals surface area contributed by atoms with Crippen LogP contribution in [-0.2, 0) is 4.74 Å². The van der Waals surface area contributed by atoms with Gasteiger partial charge in [0.15, 0.2) is 11.6 Å². The molecule has 1 aliphatic carbocycles. The largest absolute Gasteiger partial charge is 0.490 e. The maximum Gasteiger partial charge on any atom is 0.167 e. The summed E-state index contributed by atoms with van der Waals surface area (Å²) in [6.07, 6.45) is 4.20. The lowest BCUT2D eigenvalue weighted by atomic mass is 10.1. The van der Waals surface area contributed by atoms with E-state index in [2.05, 4.69) is 5.32 Å². The summed E-state index contributed by atoms with van der Waals surface area (Å²) in [4.78, 5) is 0. The molecule has 1 fully saturated rings. The molecule has 1 aliphatic rings.